The molecule has 8 aromatic carbocycles. The zero-order valence-corrected chi connectivity index (χ0v) is 44.6. The number of quaternary nitrogens is 4. The summed E-state index contributed by atoms with van der Waals surface area (Å²) in [5, 5.41) is 57.5. The Hall–Kier alpha value is -10.1. The lowest BCUT2D eigenvalue weighted by Gasteiger charge is -2.39. The average molecular weight is 1120 g/mol. The Kier molecular flexibility index (Phi) is 15.1. The van der Waals surface area contributed by atoms with Crippen molar-refractivity contribution in [2.45, 2.75) is 50.3 Å². The van der Waals surface area contributed by atoms with Crippen LogP contribution in [0.15, 0.2) is 97.1 Å². The Morgan fingerprint density at radius 3 is 0.976 bits per heavy atom. The van der Waals surface area contributed by atoms with Crippen molar-refractivity contribution in [3.05, 3.63) is 142 Å². The van der Waals surface area contributed by atoms with Crippen LogP contribution in [-0.4, -0.2) is 74.7 Å². The smallest absolute Gasteiger partial charge is 0.255 e. The number of ether oxygens (including phenoxy) is 8. The van der Waals surface area contributed by atoms with Gasteiger partial charge in [0.2, 0.25) is 12.6 Å². The molecule has 2 amide bonds. The number of carbonyl (C=O) groups excluding carboxylic acids is 6. The van der Waals surface area contributed by atoms with Gasteiger partial charge in [0.05, 0.1) is 35.0 Å². The first-order valence-corrected chi connectivity index (χ1v) is 24.7. The minimum atomic E-state index is -1.54. The van der Waals surface area contributed by atoms with Crippen LogP contribution < -0.4 is 93.6 Å². The monoisotopic (exact) mass is 1120 g/mol. The molecule has 24 heteroatoms. The van der Waals surface area contributed by atoms with E-state index in [2.05, 4.69) is 10.6 Å². The standard InChI is InChI=1S/C58H42N2O18.4H3N/c61-45(62)21-71-37-9-3-27-25-1-13-41-51(27)33-17-49(75-41)76-42-14-2-26-28(52(33)42)4-10-38(72-22-46(63)64)36(26)20-60-58(70)56-32-8-16-44-54(30(32)6-12-40(56)74-24-48(67)68)34-18-50(78-44)77-43-15-7-31-29(53(34)43)5-11-39(73-23-47(65)66)55(31)57(69)59-19-35(25)37;;;;/h1-16,33-34,49-50H,17-24H2,(H,59,69)(H,60,70)(H,61,62)(H,63,64)(H,65,66)(H,67,68);4*1H3. The first-order valence-electron chi connectivity index (χ1n) is 24.7. The Labute approximate surface area is 464 Å². The van der Waals surface area contributed by atoms with Crippen molar-refractivity contribution in [2.24, 2.45) is 0 Å². The summed E-state index contributed by atoms with van der Waals surface area (Å²) in [6.45, 7) is -3.93. The molecular formula is C58H54N6O18. The van der Waals surface area contributed by atoms with E-state index >= 15 is 9.59 Å². The Bertz CT molecular complexity index is 3770. The van der Waals surface area contributed by atoms with Gasteiger partial charge in [-0.25, -0.2) is 0 Å². The van der Waals surface area contributed by atoms with Gasteiger partial charge in [-0.3, -0.25) is 9.59 Å². The van der Waals surface area contributed by atoms with E-state index in [1.807, 2.05) is 0 Å². The molecule has 8 aromatic rings. The third-order valence-electron chi connectivity index (χ3n) is 14.8. The van der Waals surface area contributed by atoms with Crippen LogP contribution in [0.4, 0.5) is 0 Å². The van der Waals surface area contributed by atoms with Crippen LogP contribution in [0.2, 0.25) is 0 Å². The molecule has 0 aromatic heterocycles. The number of benzene rings is 8. The van der Waals surface area contributed by atoms with Crippen LogP contribution in [0.25, 0.3) is 43.1 Å². The zero-order chi connectivity index (χ0) is 53.7. The molecule has 82 heavy (non-hydrogen) atoms. The van der Waals surface area contributed by atoms with E-state index in [0.29, 0.717) is 94.8 Å². The largest absolute Gasteiger partial charge is 0.546 e. The number of aliphatic carboxylic acids is 4. The van der Waals surface area contributed by atoms with Gasteiger partial charge >= 0.3 is 0 Å². The van der Waals surface area contributed by atoms with Gasteiger partial charge in [0.15, 0.2) is 0 Å². The van der Waals surface area contributed by atoms with E-state index in [0.717, 1.165) is 11.1 Å². The van der Waals surface area contributed by atoms with Gasteiger partial charge in [-0.05, 0) is 104 Å². The topological polar surface area (TPSA) is 439 Å². The van der Waals surface area contributed by atoms with E-state index in [1.165, 1.54) is 12.1 Å². The van der Waals surface area contributed by atoms with Gasteiger partial charge in [-0.15, -0.1) is 0 Å². The number of carboxylic acid groups (broad SMARTS) is 4. The SMILES string of the molecule is O=C([O-])COc1ccc2c3c4ccc2c1CNC(=O)c1c(OCC(=O)[O-])ccc2c5c(ccc12)OC1CC5c2c(ccc5c(c(OCC(=O)[O-])ccc25)C(=O)NCc2c(OCC(=O)[O-])ccc5c6c(ccc25)OC(CC36)O4)O1.[NH4+].[NH4+].[NH4+].[NH4+]. The highest BCUT2D eigenvalue weighted by molar-refractivity contribution is 6.13. The molecule has 424 valence electrons. The molecule has 5 aliphatic heterocycles. The molecule has 5 heterocycles. The Balaban J connectivity index is 0.00000202. The number of hydrogen-bond acceptors (Lipinski definition) is 18. The second-order valence-corrected chi connectivity index (χ2v) is 19.2. The summed E-state index contributed by atoms with van der Waals surface area (Å²) >= 11 is 0. The van der Waals surface area contributed by atoms with Crippen molar-refractivity contribution >= 4 is 78.8 Å². The number of amides is 2. The van der Waals surface area contributed by atoms with Crippen molar-refractivity contribution < 1.29 is 87.1 Å². The average Bonchev–Trinajstić information content (AvgIpc) is 2.54. The second kappa shape index (κ2) is 21.8. The molecule has 0 unspecified atom stereocenters. The third-order valence-corrected chi connectivity index (χ3v) is 14.8. The molecule has 20 bridgehead atoms. The molecule has 5 aliphatic rings. The van der Waals surface area contributed by atoms with Gasteiger partial charge in [-0.1, -0.05) is 36.4 Å². The van der Waals surface area contributed by atoms with E-state index in [9.17, 15) is 39.6 Å². The van der Waals surface area contributed by atoms with Crippen LogP contribution >= 0.6 is 0 Å². The third kappa shape index (κ3) is 9.39. The van der Waals surface area contributed by atoms with E-state index < -0.39 is 86.5 Å². The molecule has 0 atom stereocenters. The van der Waals surface area contributed by atoms with Crippen LogP contribution in [0.3, 0.4) is 0 Å². The summed E-state index contributed by atoms with van der Waals surface area (Å²) in [5.74, 6) is -6.62. The van der Waals surface area contributed by atoms with Gasteiger partial charge in [0.25, 0.3) is 11.8 Å². The maximum atomic E-state index is 15.0. The maximum absolute atomic E-state index is 15.0. The normalized spacial score (nSPS) is 17.4. The van der Waals surface area contributed by atoms with Crippen molar-refractivity contribution in [3.8, 4) is 46.0 Å². The quantitative estimate of drug-likeness (QED) is 0.101. The minimum absolute atomic E-state index is 0. The lowest BCUT2D eigenvalue weighted by molar-refractivity contribution is -0.308. The van der Waals surface area contributed by atoms with Gasteiger partial charge in [0.1, 0.15) is 72.4 Å². The van der Waals surface area contributed by atoms with Crippen LogP contribution in [0.5, 0.6) is 46.0 Å². The molecule has 24 nitrogen and oxygen atoms in total. The van der Waals surface area contributed by atoms with Crippen molar-refractivity contribution in [1.82, 2.24) is 35.2 Å². The number of nitrogens with one attached hydrogen (secondary N) is 2. The fourth-order valence-electron chi connectivity index (χ4n) is 11.9. The molecule has 13 rings (SSSR count). The highest BCUT2D eigenvalue weighted by Gasteiger charge is 2.42. The van der Waals surface area contributed by atoms with Crippen LogP contribution in [0.1, 0.15) is 78.8 Å². The lowest BCUT2D eigenvalue weighted by atomic mass is 9.78. The predicted octanol–water partition coefficient (Wildman–Crippen LogP) is 3.76. The lowest BCUT2D eigenvalue weighted by Crippen LogP contribution is -2.35. The summed E-state index contributed by atoms with van der Waals surface area (Å²) in [5.41, 5.74) is 3.36. The number of fused-ring (bicyclic) bond motifs is 2. The zero-order valence-electron chi connectivity index (χ0n) is 44.6. The Morgan fingerprint density at radius 1 is 0.390 bits per heavy atom. The first-order chi connectivity index (χ1) is 37.8. The number of carbonyl (C=O) groups is 6. The highest BCUT2D eigenvalue weighted by Crippen LogP contribution is 2.55. The van der Waals surface area contributed by atoms with Gasteiger partial charge < -0.3 is 113 Å². The number of rotatable bonds is 12. The fourth-order valence-corrected chi connectivity index (χ4v) is 11.9. The molecule has 0 saturated carbocycles. The van der Waals surface area contributed by atoms with E-state index in [4.69, 9.17) is 37.9 Å². The number of carboxylic acids is 4. The van der Waals surface area contributed by atoms with Crippen molar-refractivity contribution in [1.29, 1.82) is 0 Å². The second-order valence-electron chi connectivity index (χ2n) is 19.2. The molecule has 0 spiro atoms. The fraction of sp³-hybridized carbons (Fsp3) is 0.207. The summed E-state index contributed by atoms with van der Waals surface area (Å²) in [6, 6.07) is 26.7. The highest BCUT2D eigenvalue weighted by atomic mass is 16.7. The van der Waals surface area contributed by atoms with E-state index in [-0.39, 0.29) is 78.2 Å². The summed E-state index contributed by atoms with van der Waals surface area (Å²) < 4.78 is 48.8. The molecule has 0 aliphatic carbocycles. The summed E-state index contributed by atoms with van der Waals surface area (Å²) in [6.07, 6.45) is -0.921. The minimum Gasteiger partial charge on any atom is -0.546 e. The van der Waals surface area contributed by atoms with Crippen LogP contribution in [0, 0.1) is 0 Å². The molecule has 0 saturated heterocycles. The van der Waals surface area contributed by atoms with Crippen molar-refractivity contribution in [2.75, 3.05) is 26.4 Å². The van der Waals surface area contributed by atoms with Crippen LogP contribution in [-0.2, 0) is 32.3 Å². The van der Waals surface area contributed by atoms with E-state index in [1.54, 1.807) is 84.9 Å². The Morgan fingerprint density at radius 2 is 0.659 bits per heavy atom. The summed E-state index contributed by atoms with van der Waals surface area (Å²) in [7, 11) is 0. The number of hydrogen-bond donors (Lipinski definition) is 6. The van der Waals surface area contributed by atoms with Gasteiger partial charge in [-0.2, -0.15) is 0 Å². The molecule has 18 N–H and O–H groups in total. The molecular weight excluding hydrogens is 1070 g/mol. The molecule has 0 radical (unpaired) electrons. The predicted molar refractivity (Wildman–Crippen MR) is 287 cm³/mol. The summed E-state index contributed by atoms with van der Waals surface area (Å²) in [4.78, 5) is 77.5. The molecule has 0 fully saturated rings. The first kappa shape index (κ1) is 56.6. The van der Waals surface area contributed by atoms with Gasteiger partial charge in [0, 0.05) is 71.1 Å². The van der Waals surface area contributed by atoms with Crippen molar-refractivity contribution in [3.63, 3.8) is 0 Å². The maximum Gasteiger partial charge on any atom is 0.255 e.